The Kier molecular flexibility index (Phi) is 6.92. The Balaban J connectivity index is 1.54. The number of nitrogens with one attached hydrogen (secondary N) is 1. The van der Waals surface area contributed by atoms with Crippen LogP contribution in [0.25, 0.3) is 0 Å². The van der Waals surface area contributed by atoms with Crippen molar-refractivity contribution in [2.75, 3.05) is 39.0 Å². The van der Waals surface area contributed by atoms with Crippen molar-refractivity contribution in [2.45, 2.75) is 38.9 Å². The lowest BCUT2D eigenvalue weighted by molar-refractivity contribution is 0.0772. The highest BCUT2D eigenvalue weighted by molar-refractivity contribution is 6.04. The van der Waals surface area contributed by atoms with E-state index >= 15 is 0 Å². The summed E-state index contributed by atoms with van der Waals surface area (Å²) in [6, 6.07) is 19.2. The highest BCUT2D eigenvalue weighted by Gasteiger charge is 2.29. The molecule has 0 aliphatic carbocycles. The lowest BCUT2D eigenvalue weighted by Crippen LogP contribution is -2.50. The quantitative estimate of drug-likeness (QED) is 0.748. The Hall–Kier alpha value is -2.79. The Labute approximate surface area is 187 Å². The van der Waals surface area contributed by atoms with Gasteiger partial charge in [0, 0.05) is 38.4 Å². The number of benzene rings is 2. The summed E-state index contributed by atoms with van der Waals surface area (Å²) in [5.74, 6) is 2.19. The van der Waals surface area contributed by atoms with Gasteiger partial charge in [0.05, 0.1) is 0 Å². The average molecular weight is 418 g/mol. The van der Waals surface area contributed by atoms with Crippen molar-refractivity contribution in [3.05, 3.63) is 77.6 Å². The number of rotatable bonds is 6. The van der Waals surface area contributed by atoms with Crippen molar-refractivity contribution in [1.29, 1.82) is 0 Å². The molecule has 5 nitrogen and oxygen atoms in total. The summed E-state index contributed by atoms with van der Waals surface area (Å²) in [6.45, 7) is 5.30. The van der Waals surface area contributed by atoms with Crippen LogP contribution >= 0.6 is 0 Å². The first-order valence-electron chi connectivity index (χ1n) is 11.5. The summed E-state index contributed by atoms with van der Waals surface area (Å²) in [5.41, 5.74) is 3.70. The van der Waals surface area contributed by atoms with Crippen LogP contribution < -0.4 is 5.32 Å². The zero-order valence-electron chi connectivity index (χ0n) is 19.1. The predicted molar refractivity (Wildman–Crippen MR) is 130 cm³/mol. The number of hydrogen-bond donors (Lipinski definition) is 1. The summed E-state index contributed by atoms with van der Waals surface area (Å²) < 4.78 is 0. The lowest BCUT2D eigenvalue weighted by Gasteiger charge is -2.43. The van der Waals surface area contributed by atoms with Crippen LogP contribution in [0.3, 0.4) is 0 Å². The molecule has 1 atom stereocenters. The molecule has 2 aromatic rings. The minimum Gasteiger partial charge on any atom is -0.358 e. The molecular weight excluding hydrogens is 382 g/mol. The van der Waals surface area contributed by atoms with Gasteiger partial charge in [-0.2, -0.15) is 0 Å². The molecule has 0 saturated carbocycles. The first kappa shape index (κ1) is 21.4. The smallest absolute Gasteiger partial charge is 0.181 e. The Bertz CT molecular complexity index is 897. The predicted octanol–water partition coefficient (Wildman–Crippen LogP) is 4.54. The van der Waals surface area contributed by atoms with Gasteiger partial charge in [-0.05, 0) is 57.4 Å². The van der Waals surface area contributed by atoms with Crippen molar-refractivity contribution in [3.63, 3.8) is 0 Å². The third-order valence-electron chi connectivity index (χ3n) is 6.22. The minimum absolute atomic E-state index is 0.0291. The Morgan fingerprint density at radius 3 is 2.42 bits per heavy atom. The summed E-state index contributed by atoms with van der Waals surface area (Å²) >= 11 is 0. The topological polar surface area (TPSA) is 34.1 Å². The van der Waals surface area contributed by atoms with E-state index in [4.69, 9.17) is 4.99 Å². The molecule has 31 heavy (non-hydrogen) atoms. The van der Waals surface area contributed by atoms with E-state index in [1.165, 1.54) is 36.2 Å². The number of piperidine rings is 1. The van der Waals surface area contributed by atoms with Crippen molar-refractivity contribution >= 4 is 11.5 Å². The molecule has 1 N–H and O–H groups in total. The Morgan fingerprint density at radius 1 is 1.00 bits per heavy atom. The third kappa shape index (κ3) is 5.47. The molecule has 164 valence electrons. The fourth-order valence-electron chi connectivity index (χ4n) is 4.34. The van der Waals surface area contributed by atoms with Gasteiger partial charge in [-0.25, -0.2) is 4.99 Å². The van der Waals surface area contributed by atoms with Gasteiger partial charge in [-0.3, -0.25) is 4.90 Å². The molecule has 2 aromatic carbocycles. The van der Waals surface area contributed by atoms with Crippen molar-refractivity contribution in [3.8, 4) is 0 Å². The van der Waals surface area contributed by atoms with Crippen LogP contribution in [0.1, 0.15) is 30.4 Å². The van der Waals surface area contributed by atoms with Crippen LogP contribution in [0.5, 0.6) is 0 Å². The van der Waals surface area contributed by atoms with E-state index < -0.39 is 0 Å². The summed E-state index contributed by atoms with van der Waals surface area (Å²) in [5, 5.41) is 3.55. The molecular formula is C26H35N5. The molecule has 0 bridgehead atoms. The van der Waals surface area contributed by atoms with E-state index in [9.17, 15) is 0 Å². The number of amidine groups is 1. The first-order valence-corrected chi connectivity index (χ1v) is 11.5. The summed E-state index contributed by atoms with van der Waals surface area (Å²) in [6.07, 6.45) is 7.05. The number of hydrogen-bond acceptors (Lipinski definition) is 5. The first-order chi connectivity index (χ1) is 15.1. The number of anilines is 1. The average Bonchev–Trinajstić information content (AvgIpc) is 2.81. The van der Waals surface area contributed by atoms with Crippen LogP contribution in [0.4, 0.5) is 5.69 Å². The Morgan fingerprint density at radius 2 is 1.71 bits per heavy atom. The number of aryl methyl sites for hydroxylation is 1. The van der Waals surface area contributed by atoms with Gasteiger partial charge in [0.25, 0.3) is 0 Å². The second-order valence-electron chi connectivity index (χ2n) is 8.73. The molecule has 5 heteroatoms. The standard InChI is InChI=1S/C26H35N5/c1-21-12-14-23(15-13-21)27-24-20-25(31-17-8-5-9-18-31)30(3)26(28-24)29(2)19-16-22-10-6-4-7-11-22/h4,6-7,10-15,20,26H,5,8-9,16-19H2,1-3H3,(H,27,28). The van der Waals surface area contributed by atoms with Crippen molar-refractivity contribution in [1.82, 2.24) is 14.7 Å². The normalized spacial score (nSPS) is 19.3. The number of aliphatic imine (C=N–C) groups is 1. The highest BCUT2D eigenvalue weighted by atomic mass is 15.5. The van der Waals surface area contributed by atoms with E-state index in [0.717, 1.165) is 37.6 Å². The molecule has 4 rings (SSSR count). The lowest BCUT2D eigenvalue weighted by atomic mass is 10.1. The van der Waals surface area contributed by atoms with Gasteiger partial charge in [-0.1, -0.05) is 48.0 Å². The van der Waals surface area contributed by atoms with Crippen molar-refractivity contribution in [2.24, 2.45) is 4.99 Å². The monoisotopic (exact) mass is 417 g/mol. The van der Waals surface area contributed by atoms with Crippen LogP contribution in [-0.4, -0.2) is 60.6 Å². The van der Waals surface area contributed by atoms with Crippen LogP contribution in [0, 0.1) is 6.92 Å². The number of likely N-dealkylation sites (N-methyl/N-ethyl adjacent to an activating group) is 1. The third-order valence-corrected chi connectivity index (χ3v) is 6.22. The van der Waals surface area contributed by atoms with Crippen LogP contribution in [0.2, 0.25) is 0 Å². The molecule has 0 radical (unpaired) electrons. The molecule has 0 aromatic heterocycles. The van der Waals surface area contributed by atoms with Gasteiger partial charge >= 0.3 is 0 Å². The molecule has 1 fully saturated rings. The van der Waals surface area contributed by atoms with Crippen LogP contribution in [0.15, 0.2) is 71.5 Å². The fourth-order valence-corrected chi connectivity index (χ4v) is 4.34. The number of likely N-dealkylation sites (tertiary alicyclic amines) is 1. The molecule has 1 saturated heterocycles. The van der Waals surface area contributed by atoms with E-state index in [0.29, 0.717) is 0 Å². The van der Waals surface area contributed by atoms with Gasteiger partial charge < -0.3 is 15.1 Å². The van der Waals surface area contributed by atoms with Crippen molar-refractivity contribution < 1.29 is 0 Å². The van der Waals surface area contributed by atoms with E-state index in [-0.39, 0.29) is 6.29 Å². The second-order valence-corrected chi connectivity index (χ2v) is 8.73. The zero-order valence-corrected chi connectivity index (χ0v) is 19.1. The maximum absolute atomic E-state index is 5.09. The number of nitrogens with zero attached hydrogens (tertiary/aromatic N) is 4. The minimum atomic E-state index is -0.0291. The summed E-state index contributed by atoms with van der Waals surface area (Å²) in [4.78, 5) is 12.3. The van der Waals surface area contributed by atoms with Crippen LogP contribution in [-0.2, 0) is 6.42 Å². The maximum Gasteiger partial charge on any atom is 0.181 e. The molecule has 2 heterocycles. The van der Waals surface area contributed by atoms with Gasteiger partial charge in [-0.15, -0.1) is 0 Å². The van der Waals surface area contributed by atoms with E-state index in [2.05, 4.69) is 102 Å². The fraction of sp³-hybridized carbons (Fsp3) is 0.423. The van der Waals surface area contributed by atoms with E-state index in [1.54, 1.807) is 0 Å². The molecule has 0 amide bonds. The summed E-state index contributed by atoms with van der Waals surface area (Å²) in [7, 11) is 4.35. The SMILES string of the molecule is Cc1ccc(NC2=NC(N(C)CCc3ccccc3)N(C)C(N3CCCCC3)=C2)cc1. The van der Waals surface area contributed by atoms with Gasteiger partial charge in [0.1, 0.15) is 11.7 Å². The largest absolute Gasteiger partial charge is 0.358 e. The second kappa shape index (κ2) is 10.0. The molecule has 2 aliphatic rings. The molecule has 1 unspecified atom stereocenters. The molecule has 0 spiro atoms. The zero-order chi connectivity index (χ0) is 21.6. The van der Waals surface area contributed by atoms with Gasteiger partial charge in [0.15, 0.2) is 6.29 Å². The maximum atomic E-state index is 5.09. The molecule has 2 aliphatic heterocycles. The van der Waals surface area contributed by atoms with E-state index in [1.807, 2.05) is 0 Å². The van der Waals surface area contributed by atoms with Gasteiger partial charge in [0.2, 0.25) is 0 Å². The highest BCUT2D eigenvalue weighted by Crippen LogP contribution is 2.24.